The fraction of sp³-hybridized carbons (Fsp3) is 0.389. The van der Waals surface area contributed by atoms with Gasteiger partial charge in [0.2, 0.25) is 5.95 Å². The van der Waals surface area contributed by atoms with Gasteiger partial charge >= 0.3 is 5.69 Å². The van der Waals surface area contributed by atoms with Crippen molar-refractivity contribution in [1.82, 2.24) is 18.7 Å². The first kappa shape index (κ1) is 18.7. The highest BCUT2D eigenvalue weighted by atomic mass is 16.5. The fourth-order valence-electron chi connectivity index (χ4n) is 2.89. The van der Waals surface area contributed by atoms with Gasteiger partial charge in [0.1, 0.15) is 5.75 Å². The normalized spacial score (nSPS) is 12.3. The number of aromatic nitrogens is 4. The van der Waals surface area contributed by atoms with Gasteiger partial charge in [-0.3, -0.25) is 18.5 Å². The van der Waals surface area contributed by atoms with E-state index in [4.69, 9.17) is 4.74 Å². The molecule has 0 radical (unpaired) electrons. The van der Waals surface area contributed by atoms with Gasteiger partial charge in [0, 0.05) is 20.6 Å². The van der Waals surface area contributed by atoms with Crippen molar-refractivity contribution in [2.24, 2.45) is 14.1 Å². The second-order valence-corrected chi connectivity index (χ2v) is 6.48. The topological polar surface area (TPSA) is 103 Å². The quantitative estimate of drug-likeness (QED) is 0.643. The van der Waals surface area contributed by atoms with Gasteiger partial charge in [0.25, 0.3) is 5.56 Å². The zero-order valence-corrected chi connectivity index (χ0v) is 15.8. The molecule has 0 saturated heterocycles. The minimum atomic E-state index is -0.592. The summed E-state index contributed by atoms with van der Waals surface area (Å²) in [6.07, 6.45) is -0.592. The Morgan fingerprint density at radius 3 is 2.44 bits per heavy atom. The molecule has 9 nitrogen and oxygen atoms in total. The van der Waals surface area contributed by atoms with Crippen LogP contribution in [0, 0.1) is 0 Å². The molecule has 2 aromatic heterocycles. The number of methoxy groups -OCH3 is 1. The van der Waals surface area contributed by atoms with Crippen LogP contribution in [0.5, 0.6) is 5.75 Å². The number of hydrogen-bond donors (Lipinski definition) is 2. The lowest BCUT2D eigenvalue weighted by atomic mass is 10.2. The molecule has 0 spiro atoms. The summed E-state index contributed by atoms with van der Waals surface area (Å²) in [5, 5.41) is 12.6. The number of nitrogens with zero attached hydrogens (tertiary/aromatic N) is 4. The second kappa shape index (κ2) is 7.28. The van der Waals surface area contributed by atoms with Crippen molar-refractivity contribution in [3.8, 4) is 5.75 Å². The number of benzene rings is 1. The predicted molar refractivity (Wildman–Crippen MR) is 102 cm³/mol. The van der Waals surface area contributed by atoms with Gasteiger partial charge < -0.3 is 15.2 Å². The molecule has 0 aliphatic heterocycles. The van der Waals surface area contributed by atoms with E-state index < -0.39 is 17.4 Å². The van der Waals surface area contributed by atoms with Gasteiger partial charge in [-0.25, -0.2) is 4.79 Å². The third-order valence-electron chi connectivity index (χ3n) is 4.40. The van der Waals surface area contributed by atoms with Gasteiger partial charge in [-0.05, 0) is 24.6 Å². The minimum Gasteiger partial charge on any atom is -0.497 e. The molecule has 1 atom stereocenters. The maximum atomic E-state index is 12.8. The molecule has 1 aromatic carbocycles. The molecule has 0 saturated carbocycles. The van der Waals surface area contributed by atoms with E-state index in [0.29, 0.717) is 23.7 Å². The lowest BCUT2D eigenvalue weighted by molar-refractivity contribution is 0.208. The summed E-state index contributed by atoms with van der Waals surface area (Å²) in [5.74, 6) is 1.15. The van der Waals surface area contributed by atoms with E-state index in [2.05, 4.69) is 10.3 Å². The van der Waals surface area contributed by atoms with Gasteiger partial charge in [-0.15, -0.1) is 0 Å². The summed E-state index contributed by atoms with van der Waals surface area (Å²) >= 11 is 0. The molecule has 2 heterocycles. The van der Waals surface area contributed by atoms with Crippen LogP contribution in [-0.2, 0) is 20.6 Å². The highest BCUT2D eigenvalue weighted by Crippen LogP contribution is 2.19. The average molecular weight is 373 g/mol. The highest BCUT2D eigenvalue weighted by Gasteiger charge is 2.19. The van der Waals surface area contributed by atoms with E-state index >= 15 is 0 Å². The lowest BCUT2D eigenvalue weighted by Crippen LogP contribution is -2.37. The number of ether oxygens (including phenoxy) is 1. The van der Waals surface area contributed by atoms with Gasteiger partial charge in [-0.2, -0.15) is 4.98 Å². The van der Waals surface area contributed by atoms with Crippen LogP contribution >= 0.6 is 0 Å². The van der Waals surface area contributed by atoms with Crippen molar-refractivity contribution < 1.29 is 9.84 Å². The number of aryl methyl sites for hydroxylation is 1. The smallest absolute Gasteiger partial charge is 0.332 e. The Kier molecular flexibility index (Phi) is 5.04. The van der Waals surface area contributed by atoms with Crippen molar-refractivity contribution in [3.05, 3.63) is 50.7 Å². The summed E-state index contributed by atoms with van der Waals surface area (Å²) < 4.78 is 9.30. The number of hydrogen-bond acceptors (Lipinski definition) is 6. The van der Waals surface area contributed by atoms with Crippen LogP contribution in [0.15, 0.2) is 33.9 Å². The van der Waals surface area contributed by atoms with E-state index in [-0.39, 0.29) is 6.54 Å². The summed E-state index contributed by atoms with van der Waals surface area (Å²) in [6.45, 7) is 2.29. The summed E-state index contributed by atoms with van der Waals surface area (Å²) in [6, 6.07) is 7.47. The molecule has 2 N–H and O–H groups in total. The highest BCUT2D eigenvalue weighted by molar-refractivity contribution is 5.74. The Hall–Kier alpha value is -3.07. The predicted octanol–water partition coefficient (Wildman–Crippen LogP) is 0.283. The number of rotatable bonds is 6. The molecule has 1 unspecified atom stereocenters. The Balaban J connectivity index is 2.18. The van der Waals surface area contributed by atoms with Crippen LogP contribution in [0.1, 0.15) is 12.5 Å². The monoisotopic (exact) mass is 373 g/mol. The molecule has 3 rings (SSSR count). The van der Waals surface area contributed by atoms with E-state index in [0.717, 1.165) is 15.9 Å². The Bertz CT molecular complexity index is 1080. The van der Waals surface area contributed by atoms with E-state index in [1.165, 1.54) is 11.6 Å². The number of anilines is 1. The molecule has 0 amide bonds. The number of aliphatic hydroxyl groups excluding tert-OH is 1. The van der Waals surface area contributed by atoms with Crippen LogP contribution in [0.2, 0.25) is 0 Å². The molecule has 0 aliphatic rings. The first-order valence-electron chi connectivity index (χ1n) is 8.54. The van der Waals surface area contributed by atoms with Crippen LogP contribution in [0.3, 0.4) is 0 Å². The lowest BCUT2D eigenvalue weighted by Gasteiger charge is -2.12. The Morgan fingerprint density at radius 2 is 1.85 bits per heavy atom. The van der Waals surface area contributed by atoms with E-state index in [1.807, 2.05) is 24.3 Å². The van der Waals surface area contributed by atoms with Gasteiger partial charge in [0.15, 0.2) is 11.2 Å². The summed E-state index contributed by atoms with van der Waals surface area (Å²) in [7, 11) is 4.62. The second-order valence-electron chi connectivity index (χ2n) is 6.48. The average Bonchev–Trinajstić information content (AvgIpc) is 3.02. The molecule has 3 aromatic rings. The number of fused-ring (bicyclic) bond motifs is 1. The summed E-state index contributed by atoms with van der Waals surface area (Å²) in [4.78, 5) is 29.4. The van der Waals surface area contributed by atoms with Crippen molar-refractivity contribution in [2.45, 2.75) is 19.6 Å². The minimum absolute atomic E-state index is 0.264. The van der Waals surface area contributed by atoms with Crippen LogP contribution < -0.4 is 21.3 Å². The Morgan fingerprint density at radius 1 is 1.19 bits per heavy atom. The molecule has 144 valence electrons. The van der Waals surface area contributed by atoms with Gasteiger partial charge in [0.05, 0.1) is 19.8 Å². The molecule has 0 bridgehead atoms. The first-order chi connectivity index (χ1) is 12.8. The molecular weight excluding hydrogens is 350 g/mol. The number of nitrogens with one attached hydrogen (secondary N) is 1. The third-order valence-corrected chi connectivity index (χ3v) is 4.40. The zero-order valence-electron chi connectivity index (χ0n) is 15.8. The molecular formula is C18H23N5O4. The standard InChI is InChI=1S/C18H23N5O4/c1-11(24)9-19-17-20-15-14(16(25)22(3)18(26)21(15)2)23(17)10-12-5-7-13(27-4)8-6-12/h5-8,11,24H,9-10H2,1-4H3,(H,19,20). The maximum absolute atomic E-state index is 12.8. The van der Waals surface area contributed by atoms with Crippen molar-refractivity contribution >= 4 is 17.1 Å². The van der Waals surface area contributed by atoms with Crippen molar-refractivity contribution in [2.75, 3.05) is 19.0 Å². The molecule has 27 heavy (non-hydrogen) atoms. The SMILES string of the molecule is COc1ccc(Cn2c(NCC(C)O)nc3c2c(=O)n(C)c(=O)n3C)cc1. The van der Waals surface area contributed by atoms with E-state index in [1.54, 1.807) is 25.6 Å². The van der Waals surface area contributed by atoms with Crippen molar-refractivity contribution in [1.29, 1.82) is 0 Å². The van der Waals surface area contributed by atoms with E-state index in [9.17, 15) is 14.7 Å². The van der Waals surface area contributed by atoms with Gasteiger partial charge in [-0.1, -0.05) is 12.1 Å². The third kappa shape index (κ3) is 3.45. The maximum Gasteiger partial charge on any atom is 0.332 e. The molecule has 0 aliphatic carbocycles. The number of imidazole rings is 1. The number of aliphatic hydroxyl groups is 1. The fourth-order valence-corrected chi connectivity index (χ4v) is 2.89. The van der Waals surface area contributed by atoms with Crippen molar-refractivity contribution in [3.63, 3.8) is 0 Å². The van der Waals surface area contributed by atoms with Crippen LogP contribution in [0.4, 0.5) is 5.95 Å². The first-order valence-corrected chi connectivity index (χ1v) is 8.54. The Labute approximate surface area is 155 Å². The largest absolute Gasteiger partial charge is 0.497 e. The molecule has 0 fully saturated rings. The molecule has 9 heteroatoms. The summed E-state index contributed by atoms with van der Waals surface area (Å²) in [5.41, 5.74) is 0.696. The van der Waals surface area contributed by atoms with Crippen LogP contribution in [0.25, 0.3) is 11.2 Å². The van der Waals surface area contributed by atoms with Crippen LogP contribution in [-0.4, -0.2) is 43.6 Å². The zero-order chi connectivity index (χ0) is 19.7.